The minimum atomic E-state index is -0.945. The number of unbranched alkanes of at least 4 members (excludes halogenated alkanes) is 8. The maximum atomic E-state index is 9.71. The number of hydrogen-bond acceptors (Lipinski definition) is 4. The molecule has 1 atom stereocenters. The van der Waals surface area contributed by atoms with E-state index >= 15 is 0 Å². The second kappa shape index (κ2) is 16.4. The van der Waals surface area contributed by atoms with Gasteiger partial charge >= 0.3 is 0 Å². The Morgan fingerprint density at radius 1 is 0.760 bits per heavy atom. The fraction of sp³-hybridized carbons (Fsp3) is 0.714. The van der Waals surface area contributed by atoms with Gasteiger partial charge in [0.1, 0.15) is 12.4 Å². The number of para-hydroxylation sites is 1. The molecule has 1 aromatic carbocycles. The van der Waals surface area contributed by atoms with Crippen molar-refractivity contribution in [2.24, 2.45) is 0 Å². The van der Waals surface area contributed by atoms with E-state index in [1.54, 1.807) is 12.1 Å². The van der Waals surface area contributed by atoms with Crippen LogP contribution in [0.25, 0.3) is 0 Å². The minimum Gasteiger partial charge on any atom is -0.463 e. The van der Waals surface area contributed by atoms with E-state index < -0.39 is 6.29 Å². The third kappa shape index (κ3) is 13.8. The standard InChI is InChI=1S/C21H36O4/c1-2-3-4-5-6-7-8-9-13-16-23-17-18-24-19-21(22)25-20-14-11-10-12-15-20/h10-12,14-15,21-22H,2-9,13,16-19H2,1H3. The highest BCUT2D eigenvalue weighted by Gasteiger charge is 2.05. The van der Waals surface area contributed by atoms with Crippen molar-refractivity contribution in [1.29, 1.82) is 0 Å². The van der Waals surface area contributed by atoms with Crippen LogP contribution in [0.1, 0.15) is 64.7 Å². The van der Waals surface area contributed by atoms with Crippen LogP contribution in [0.5, 0.6) is 5.75 Å². The normalized spacial score (nSPS) is 12.2. The number of aliphatic hydroxyl groups is 1. The lowest BCUT2D eigenvalue weighted by Crippen LogP contribution is -2.23. The van der Waals surface area contributed by atoms with E-state index in [1.165, 1.54) is 51.4 Å². The Balaban J connectivity index is 1.78. The third-order valence-electron chi connectivity index (χ3n) is 4.04. The van der Waals surface area contributed by atoms with E-state index in [0.717, 1.165) is 13.0 Å². The summed E-state index contributed by atoms with van der Waals surface area (Å²) in [6.07, 6.45) is 11.0. The van der Waals surface area contributed by atoms with E-state index in [9.17, 15) is 5.11 Å². The van der Waals surface area contributed by atoms with Crippen LogP contribution in [0.3, 0.4) is 0 Å². The first kappa shape index (κ1) is 21.9. The van der Waals surface area contributed by atoms with Gasteiger partial charge in [-0.05, 0) is 18.6 Å². The maximum absolute atomic E-state index is 9.71. The Kier molecular flexibility index (Phi) is 14.4. The number of aliphatic hydroxyl groups excluding tert-OH is 1. The molecule has 1 unspecified atom stereocenters. The molecule has 4 nitrogen and oxygen atoms in total. The van der Waals surface area contributed by atoms with Gasteiger partial charge in [0.25, 0.3) is 0 Å². The lowest BCUT2D eigenvalue weighted by atomic mass is 10.1. The second-order valence-corrected chi connectivity index (χ2v) is 6.40. The van der Waals surface area contributed by atoms with Gasteiger partial charge in [0.15, 0.2) is 0 Å². The van der Waals surface area contributed by atoms with Crippen molar-refractivity contribution in [2.45, 2.75) is 71.0 Å². The number of benzene rings is 1. The number of rotatable bonds is 17. The van der Waals surface area contributed by atoms with Crippen molar-refractivity contribution >= 4 is 0 Å². The van der Waals surface area contributed by atoms with Crippen LogP contribution in [0.2, 0.25) is 0 Å². The molecule has 0 fully saturated rings. The molecule has 0 spiro atoms. The van der Waals surface area contributed by atoms with Crippen LogP contribution in [-0.2, 0) is 9.47 Å². The monoisotopic (exact) mass is 352 g/mol. The van der Waals surface area contributed by atoms with Gasteiger partial charge in [0, 0.05) is 6.61 Å². The summed E-state index contributed by atoms with van der Waals surface area (Å²) in [5.74, 6) is 0.639. The Bertz CT molecular complexity index is 383. The van der Waals surface area contributed by atoms with Gasteiger partial charge < -0.3 is 19.3 Å². The van der Waals surface area contributed by atoms with Gasteiger partial charge in [-0.25, -0.2) is 0 Å². The van der Waals surface area contributed by atoms with Gasteiger partial charge in [-0.3, -0.25) is 0 Å². The molecule has 0 saturated heterocycles. The van der Waals surface area contributed by atoms with Crippen LogP contribution in [0.15, 0.2) is 30.3 Å². The smallest absolute Gasteiger partial charge is 0.221 e. The summed E-state index contributed by atoms with van der Waals surface area (Å²) in [6, 6.07) is 9.24. The molecule has 4 heteroatoms. The molecule has 0 aliphatic rings. The zero-order chi connectivity index (χ0) is 18.0. The maximum Gasteiger partial charge on any atom is 0.221 e. The SMILES string of the molecule is CCCCCCCCCCCOCCOCC(O)Oc1ccccc1. The van der Waals surface area contributed by atoms with Crippen molar-refractivity contribution in [1.82, 2.24) is 0 Å². The summed E-state index contributed by atoms with van der Waals surface area (Å²) in [5, 5.41) is 9.71. The molecular formula is C21H36O4. The molecule has 0 radical (unpaired) electrons. The Hall–Kier alpha value is -1.10. The first-order valence-corrected chi connectivity index (χ1v) is 9.88. The van der Waals surface area contributed by atoms with E-state index in [-0.39, 0.29) is 6.61 Å². The molecule has 0 saturated carbocycles. The molecule has 25 heavy (non-hydrogen) atoms. The second-order valence-electron chi connectivity index (χ2n) is 6.40. The van der Waals surface area contributed by atoms with Crippen molar-refractivity contribution < 1.29 is 19.3 Å². The Morgan fingerprint density at radius 3 is 2.04 bits per heavy atom. The van der Waals surface area contributed by atoms with E-state index in [4.69, 9.17) is 14.2 Å². The van der Waals surface area contributed by atoms with E-state index in [0.29, 0.717) is 19.0 Å². The van der Waals surface area contributed by atoms with Crippen LogP contribution < -0.4 is 4.74 Å². The number of ether oxygens (including phenoxy) is 3. The molecule has 0 heterocycles. The molecule has 1 rings (SSSR count). The van der Waals surface area contributed by atoms with Gasteiger partial charge in [-0.1, -0.05) is 76.5 Å². The van der Waals surface area contributed by atoms with Crippen molar-refractivity contribution in [3.05, 3.63) is 30.3 Å². The summed E-state index contributed by atoms with van der Waals surface area (Å²) in [4.78, 5) is 0. The highest BCUT2D eigenvalue weighted by atomic mass is 16.6. The van der Waals surface area contributed by atoms with Crippen molar-refractivity contribution in [3.8, 4) is 5.75 Å². The highest BCUT2D eigenvalue weighted by Crippen LogP contribution is 2.10. The lowest BCUT2D eigenvalue weighted by Gasteiger charge is -2.13. The minimum absolute atomic E-state index is 0.149. The van der Waals surface area contributed by atoms with Crippen molar-refractivity contribution in [2.75, 3.05) is 26.4 Å². The van der Waals surface area contributed by atoms with Crippen LogP contribution in [0.4, 0.5) is 0 Å². The van der Waals surface area contributed by atoms with Gasteiger partial charge in [0.2, 0.25) is 6.29 Å². The molecule has 0 amide bonds. The zero-order valence-electron chi connectivity index (χ0n) is 15.8. The quantitative estimate of drug-likeness (QED) is 0.318. The van der Waals surface area contributed by atoms with E-state index in [1.807, 2.05) is 18.2 Å². The number of hydrogen-bond donors (Lipinski definition) is 1. The summed E-state index contributed by atoms with van der Waals surface area (Å²) in [7, 11) is 0. The van der Waals surface area contributed by atoms with Crippen molar-refractivity contribution in [3.63, 3.8) is 0 Å². The molecule has 0 aromatic heterocycles. The molecule has 1 N–H and O–H groups in total. The van der Waals surface area contributed by atoms with Gasteiger partial charge in [-0.2, -0.15) is 0 Å². The zero-order valence-corrected chi connectivity index (χ0v) is 15.8. The third-order valence-corrected chi connectivity index (χ3v) is 4.04. The van der Waals surface area contributed by atoms with Gasteiger partial charge in [-0.15, -0.1) is 0 Å². The first-order valence-electron chi connectivity index (χ1n) is 9.88. The predicted molar refractivity (Wildman–Crippen MR) is 102 cm³/mol. The largest absolute Gasteiger partial charge is 0.463 e. The summed E-state index contributed by atoms with van der Waals surface area (Å²) in [5.41, 5.74) is 0. The Morgan fingerprint density at radius 2 is 1.36 bits per heavy atom. The average Bonchev–Trinajstić information content (AvgIpc) is 2.63. The summed E-state index contributed by atoms with van der Waals surface area (Å²) >= 11 is 0. The molecule has 0 aliphatic heterocycles. The fourth-order valence-electron chi connectivity index (χ4n) is 2.61. The lowest BCUT2D eigenvalue weighted by molar-refractivity contribution is -0.0843. The molecule has 1 aromatic rings. The predicted octanol–water partition coefficient (Wildman–Crippen LogP) is 4.95. The highest BCUT2D eigenvalue weighted by molar-refractivity contribution is 5.20. The molecule has 0 bridgehead atoms. The van der Waals surface area contributed by atoms with Crippen LogP contribution >= 0.6 is 0 Å². The van der Waals surface area contributed by atoms with Crippen LogP contribution in [0, 0.1) is 0 Å². The average molecular weight is 353 g/mol. The topological polar surface area (TPSA) is 47.9 Å². The van der Waals surface area contributed by atoms with Gasteiger partial charge in [0.05, 0.1) is 13.2 Å². The molecule has 0 aliphatic carbocycles. The summed E-state index contributed by atoms with van der Waals surface area (Å²) < 4.78 is 16.2. The van der Waals surface area contributed by atoms with E-state index in [2.05, 4.69) is 6.92 Å². The molecule has 144 valence electrons. The Labute approximate surface area is 153 Å². The first-order chi connectivity index (χ1) is 12.3. The summed E-state index contributed by atoms with van der Waals surface area (Å²) in [6.45, 7) is 4.24. The molecular weight excluding hydrogens is 316 g/mol. The van der Waals surface area contributed by atoms with Crippen LogP contribution in [-0.4, -0.2) is 37.8 Å². The fourth-order valence-corrected chi connectivity index (χ4v) is 2.61.